The van der Waals surface area contributed by atoms with Crippen LogP contribution in [0, 0.1) is 34.5 Å². The van der Waals surface area contributed by atoms with E-state index in [4.69, 9.17) is 15.9 Å². The van der Waals surface area contributed by atoms with Crippen molar-refractivity contribution in [1.29, 1.82) is 0 Å². The van der Waals surface area contributed by atoms with Crippen LogP contribution < -0.4 is 11.1 Å². The molecule has 0 heterocycles. The van der Waals surface area contributed by atoms with E-state index in [1.54, 1.807) is 0 Å². The lowest BCUT2D eigenvalue weighted by Crippen LogP contribution is -2.26. The molecule has 2 amide bonds. The Morgan fingerprint density at radius 1 is 0.784 bits per heavy atom. The van der Waals surface area contributed by atoms with Gasteiger partial charge in [0, 0.05) is 24.3 Å². The lowest BCUT2D eigenvalue weighted by Gasteiger charge is -2.30. The number of nitrogens with two attached hydrogens (primary N) is 1. The highest BCUT2D eigenvalue weighted by atomic mass is 16.3. The maximum atomic E-state index is 11.3. The second-order valence-electron chi connectivity index (χ2n) is 12.8. The van der Waals surface area contributed by atoms with Gasteiger partial charge >= 0.3 is 0 Å². The highest BCUT2D eigenvalue weighted by molar-refractivity contribution is 5.97. The summed E-state index contributed by atoms with van der Waals surface area (Å²) in [6, 6.07) is 5.98. The van der Waals surface area contributed by atoms with Gasteiger partial charge in [0.25, 0.3) is 5.91 Å². The van der Waals surface area contributed by atoms with Crippen molar-refractivity contribution in [3.63, 3.8) is 0 Å². The molecule has 0 saturated heterocycles. The first-order valence-corrected chi connectivity index (χ1v) is 13.6. The number of hydrogen-bond acceptors (Lipinski definition) is 4. The molecule has 0 aliphatic heterocycles. The molecule has 0 radical (unpaired) electrons. The zero-order chi connectivity index (χ0) is 30.0. The van der Waals surface area contributed by atoms with E-state index in [-0.39, 0.29) is 19.1 Å². The van der Waals surface area contributed by atoms with Crippen molar-refractivity contribution in [2.24, 2.45) is 40.2 Å². The number of benzene rings is 1. The number of amides is 2. The van der Waals surface area contributed by atoms with E-state index < -0.39 is 5.91 Å². The highest BCUT2D eigenvalue weighted by Crippen LogP contribution is 2.32. The van der Waals surface area contributed by atoms with Crippen molar-refractivity contribution in [2.75, 3.05) is 19.8 Å². The number of carbonyl (C=O) groups is 2. The second kappa shape index (κ2) is 20.1. The number of carbonyl (C=O) groups excluding carboxylic acids is 2. The monoisotopic (exact) mass is 524 g/mol. The summed E-state index contributed by atoms with van der Waals surface area (Å²) >= 11 is 0. The molecule has 0 saturated carbocycles. The fourth-order valence-corrected chi connectivity index (χ4v) is 2.35. The Kier molecular flexibility index (Phi) is 21.5. The van der Waals surface area contributed by atoms with Crippen molar-refractivity contribution >= 4 is 11.8 Å². The predicted octanol–water partition coefficient (Wildman–Crippen LogP) is 6.55. The molecule has 1 rings (SSSR count). The molecule has 0 aliphatic rings. The summed E-state index contributed by atoms with van der Waals surface area (Å²) in [7, 11) is 0. The molecule has 6 heteroatoms. The molecule has 0 fully saturated rings. The third-order valence-electron chi connectivity index (χ3n) is 6.42. The zero-order valence-corrected chi connectivity index (χ0v) is 26.2. The van der Waals surface area contributed by atoms with Crippen LogP contribution in [-0.4, -0.2) is 41.8 Å². The predicted molar refractivity (Wildman–Crippen MR) is 159 cm³/mol. The minimum atomic E-state index is -0.530. The van der Waals surface area contributed by atoms with Crippen LogP contribution in [0.5, 0.6) is 0 Å². The topological polar surface area (TPSA) is 113 Å². The average Bonchev–Trinajstić information content (AvgIpc) is 2.77. The quantitative estimate of drug-likeness (QED) is 0.309. The van der Waals surface area contributed by atoms with E-state index >= 15 is 0 Å². The van der Waals surface area contributed by atoms with Crippen LogP contribution in [0.4, 0.5) is 0 Å². The van der Waals surface area contributed by atoms with Crippen LogP contribution in [0.3, 0.4) is 0 Å². The maximum absolute atomic E-state index is 11.3. The molecule has 0 unspecified atom stereocenters. The van der Waals surface area contributed by atoms with E-state index in [0.717, 1.165) is 17.8 Å². The fraction of sp³-hybridized carbons (Fsp3) is 0.742. The lowest BCUT2D eigenvalue weighted by molar-refractivity contribution is 0.0942. The van der Waals surface area contributed by atoms with Gasteiger partial charge in [-0.3, -0.25) is 9.59 Å². The molecular weight excluding hydrogens is 464 g/mol. The standard InChI is InChI=1S/C10H12N2O3.C10H22.C7H16.C4H10O/c11-9(14)7-1-3-8(4-2-7)10(15)12-5-6-13;1-8(2)7-10(5,6)9(3)4;1-6(2)7(3,4)5;1-4(2)3-5/h1-4,13H,5-6H2,(H2,11,14)(H,12,15);8-9H,7H2,1-6H3;6H,1-5H3;4-5H,3H2,1-2H3. The van der Waals surface area contributed by atoms with Crippen LogP contribution in [0.1, 0.15) is 117 Å². The number of aliphatic hydroxyl groups excluding tert-OH is 2. The smallest absolute Gasteiger partial charge is 0.251 e. The second-order valence-corrected chi connectivity index (χ2v) is 12.8. The van der Waals surface area contributed by atoms with Crippen molar-refractivity contribution in [3.05, 3.63) is 35.4 Å². The summed E-state index contributed by atoms with van der Waals surface area (Å²) in [5.41, 5.74) is 6.85. The molecule has 1 aromatic rings. The molecule has 37 heavy (non-hydrogen) atoms. The van der Waals surface area contributed by atoms with Gasteiger partial charge in [0.15, 0.2) is 0 Å². The first-order chi connectivity index (χ1) is 16.7. The molecule has 0 bridgehead atoms. The number of hydrogen-bond donors (Lipinski definition) is 4. The average molecular weight is 525 g/mol. The van der Waals surface area contributed by atoms with Gasteiger partial charge in [0.1, 0.15) is 0 Å². The third-order valence-corrected chi connectivity index (χ3v) is 6.42. The van der Waals surface area contributed by atoms with Crippen LogP contribution in [0.2, 0.25) is 0 Å². The Balaban J connectivity index is -0.000000456. The van der Waals surface area contributed by atoms with Crippen molar-refractivity contribution in [2.45, 2.75) is 96.4 Å². The minimum Gasteiger partial charge on any atom is -0.396 e. The van der Waals surface area contributed by atoms with Crippen molar-refractivity contribution in [3.8, 4) is 0 Å². The lowest BCUT2D eigenvalue weighted by atomic mass is 9.75. The third kappa shape index (κ3) is 23.0. The summed E-state index contributed by atoms with van der Waals surface area (Å²) in [4.78, 5) is 22.1. The summed E-state index contributed by atoms with van der Waals surface area (Å²) in [5.74, 6) is 2.05. The summed E-state index contributed by atoms with van der Waals surface area (Å²) in [6.07, 6.45) is 1.34. The van der Waals surface area contributed by atoms with Gasteiger partial charge in [-0.2, -0.15) is 0 Å². The summed E-state index contributed by atoms with van der Waals surface area (Å²) < 4.78 is 0. The van der Waals surface area contributed by atoms with E-state index in [0.29, 0.717) is 34.5 Å². The number of nitrogens with one attached hydrogen (secondary N) is 1. The summed E-state index contributed by atoms with van der Waals surface area (Å²) in [6.45, 7) is 29.6. The fourth-order valence-electron chi connectivity index (χ4n) is 2.35. The SMILES string of the molecule is CC(C)C(C)(C)C.CC(C)CC(C)(C)C(C)C.CC(C)CO.NC(=O)c1ccc(C(=O)NCCO)cc1. The highest BCUT2D eigenvalue weighted by Gasteiger charge is 2.22. The van der Waals surface area contributed by atoms with Gasteiger partial charge in [0.2, 0.25) is 5.91 Å². The molecule has 0 spiro atoms. The maximum Gasteiger partial charge on any atom is 0.251 e. The zero-order valence-electron chi connectivity index (χ0n) is 26.2. The number of primary amides is 1. The normalized spacial score (nSPS) is 11.2. The number of aliphatic hydroxyl groups is 2. The van der Waals surface area contributed by atoms with Crippen LogP contribution >= 0.6 is 0 Å². The molecule has 218 valence electrons. The van der Waals surface area contributed by atoms with Gasteiger partial charge in [-0.1, -0.05) is 90.0 Å². The van der Waals surface area contributed by atoms with Crippen LogP contribution in [0.25, 0.3) is 0 Å². The minimum absolute atomic E-state index is 0.106. The molecule has 1 aromatic carbocycles. The number of rotatable bonds is 8. The van der Waals surface area contributed by atoms with E-state index in [9.17, 15) is 9.59 Å². The Morgan fingerprint density at radius 3 is 1.38 bits per heavy atom. The van der Waals surface area contributed by atoms with Gasteiger partial charge in [-0.25, -0.2) is 0 Å². The molecule has 0 aromatic heterocycles. The van der Waals surface area contributed by atoms with Gasteiger partial charge in [-0.05, 0) is 65.2 Å². The molecular formula is C31H60N2O4. The molecule has 6 nitrogen and oxygen atoms in total. The van der Waals surface area contributed by atoms with E-state index in [1.165, 1.54) is 30.7 Å². The molecule has 0 aliphatic carbocycles. The van der Waals surface area contributed by atoms with Gasteiger partial charge in [-0.15, -0.1) is 0 Å². The molecule has 0 atom stereocenters. The van der Waals surface area contributed by atoms with Crippen LogP contribution in [-0.2, 0) is 0 Å². The Morgan fingerprint density at radius 2 is 1.16 bits per heavy atom. The first kappa shape index (κ1) is 39.6. The van der Waals surface area contributed by atoms with Gasteiger partial charge < -0.3 is 21.3 Å². The Hall–Kier alpha value is -1.92. The summed E-state index contributed by atoms with van der Waals surface area (Å²) in [5, 5.41) is 19.1. The van der Waals surface area contributed by atoms with Crippen molar-refractivity contribution < 1.29 is 19.8 Å². The van der Waals surface area contributed by atoms with Crippen molar-refractivity contribution in [1.82, 2.24) is 5.32 Å². The largest absolute Gasteiger partial charge is 0.396 e. The Bertz CT molecular complexity index is 716. The molecule has 5 N–H and O–H groups in total. The van der Waals surface area contributed by atoms with Gasteiger partial charge in [0.05, 0.1) is 6.61 Å². The first-order valence-electron chi connectivity index (χ1n) is 13.6. The van der Waals surface area contributed by atoms with Crippen LogP contribution in [0.15, 0.2) is 24.3 Å². The van der Waals surface area contributed by atoms with E-state index in [1.807, 2.05) is 13.8 Å². The Labute approximate surface area is 228 Å². The van der Waals surface area contributed by atoms with E-state index in [2.05, 4.69) is 81.5 Å².